The number of piperazine rings is 1. The first-order chi connectivity index (χ1) is 7.66. The first kappa shape index (κ1) is 14.9. The van der Waals surface area contributed by atoms with Crippen LogP contribution in [0.5, 0.6) is 0 Å². The molecule has 0 amide bonds. The molecule has 1 saturated heterocycles. The van der Waals surface area contributed by atoms with Crippen molar-refractivity contribution < 1.29 is 4.39 Å². The van der Waals surface area contributed by atoms with Crippen LogP contribution in [-0.4, -0.2) is 30.6 Å². The molecule has 0 spiro atoms. The molecule has 1 N–H and O–H groups in total. The summed E-state index contributed by atoms with van der Waals surface area (Å²) < 4.78 is 14.1. The van der Waals surface area contributed by atoms with Crippen LogP contribution in [-0.2, 0) is 6.54 Å². The molecule has 1 heterocycles. The third kappa shape index (κ3) is 3.91. The summed E-state index contributed by atoms with van der Waals surface area (Å²) in [4.78, 5) is 2.37. The standard InChI is InChI=1S/C12H16BrFN2.ClH/c1-9-7-15-4-5-16(9)8-10-6-11(14)2-3-12(10)13;/h2-3,6,9,15H,4-5,7-8H2,1H3;1H/t9-;/m0./s1. The number of rotatable bonds is 2. The van der Waals surface area contributed by atoms with E-state index in [9.17, 15) is 4.39 Å². The van der Waals surface area contributed by atoms with Crippen molar-refractivity contribution in [2.45, 2.75) is 19.5 Å². The molecule has 5 heteroatoms. The van der Waals surface area contributed by atoms with Gasteiger partial charge in [0.05, 0.1) is 0 Å². The molecule has 0 aromatic heterocycles. The topological polar surface area (TPSA) is 15.3 Å². The van der Waals surface area contributed by atoms with Crippen LogP contribution in [0.1, 0.15) is 12.5 Å². The highest BCUT2D eigenvalue weighted by atomic mass is 79.9. The Bertz CT molecular complexity index is 376. The fourth-order valence-corrected chi connectivity index (χ4v) is 2.37. The lowest BCUT2D eigenvalue weighted by Gasteiger charge is -2.34. The van der Waals surface area contributed by atoms with E-state index in [0.29, 0.717) is 6.04 Å². The fourth-order valence-electron chi connectivity index (χ4n) is 2.00. The summed E-state index contributed by atoms with van der Waals surface area (Å²) in [5, 5.41) is 3.35. The van der Waals surface area contributed by atoms with E-state index in [1.165, 1.54) is 6.07 Å². The van der Waals surface area contributed by atoms with Crippen LogP contribution in [0.4, 0.5) is 4.39 Å². The highest BCUT2D eigenvalue weighted by Crippen LogP contribution is 2.20. The maximum absolute atomic E-state index is 13.1. The lowest BCUT2D eigenvalue weighted by molar-refractivity contribution is 0.165. The van der Waals surface area contributed by atoms with Gasteiger partial charge in [-0.15, -0.1) is 12.4 Å². The van der Waals surface area contributed by atoms with Crippen molar-refractivity contribution in [1.82, 2.24) is 10.2 Å². The molecule has 1 aromatic carbocycles. The molecule has 1 atom stereocenters. The van der Waals surface area contributed by atoms with Crippen molar-refractivity contribution in [3.63, 3.8) is 0 Å². The Hall–Kier alpha value is -0.160. The smallest absolute Gasteiger partial charge is 0.123 e. The largest absolute Gasteiger partial charge is 0.314 e. The van der Waals surface area contributed by atoms with Gasteiger partial charge in [0.15, 0.2) is 0 Å². The number of benzene rings is 1. The second-order valence-electron chi connectivity index (χ2n) is 4.26. The minimum absolute atomic E-state index is 0. The molecule has 0 saturated carbocycles. The normalized spacial score (nSPS) is 21.0. The Morgan fingerprint density at radius 3 is 3.00 bits per heavy atom. The highest BCUT2D eigenvalue weighted by molar-refractivity contribution is 9.10. The summed E-state index contributed by atoms with van der Waals surface area (Å²) in [6.07, 6.45) is 0. The van der Waals surface area contributed by atoms with Gasteiger partial charge in [-0.05, 0) is 30.7 Å². The Morgan fingerprint density at radius 1 is 1.53 bits per heavy atom. The molecule has 2 nitrogen and oxygen atoms in total. The highest BCUT2D eigenvalue weighted by Gasteiger charge is 2.18. The van der Waals surface area contributed by atoms with Crippen LogP contribution in [0.25, 0.3) is 0 Å². The van der Waals surface area contributed by atoms with E-state index in [1.54, 1.807) is 12.1 Å². The summed E-state index contributed by atoms with van der Waals surface area (Å²) in [5.41, 5.74) is 1.02. The third-order valence-electron chi connectivity index (χ3n) is 3.02. The minimum Gasteiger partial charge on any atom is -0.314 e. The molecule has 0 unspecified atom stereocenters. The van der Waals surface area contributed by atoms with Gasteiger partial charge in [-0.1, -0.05) is 15.9 Å². The molecule has 1 aliphatic rings. The summed E-state index contributed by atoms with van der Waals surface area (Å²) >= 11 is 3.47. The molecular weight excluding hydrogens is 307 g/mol. The van der Waals surface area contributed by atoms with E-state index >= 15 is 0 Å². The quantitative estimate of drug-likeness (QED) is 0.900. The van der Waals surface area contributed by atoms with Crippen molar-refractivity contribution in [2.75, 3.05) is 19.6 Å². The summed E-state index contributed by atoms with van der Waals surface area (Å²) in [7, 11) is 0. The fraction of sp³-hybridized carbons (Fsp3) is 0.500. The Kier molecular flexibility index (Phi) is 5.86. The minimum atomic E-state index is -0.166. The molecule has 96 valence electrons. The second-order valence-corrected chi connectivity index (χ2v) is 5.11. The van der Waals surface area contributed by atoms with Gasteiger partial charge in [0, 0.05) is 36.7 Å². The van der Waals surface area contributed by atoms with Crippen molar-refractivity contribution in [1.29, 1.82) is 0 Å². The van der Waals surface area contributed by atoms with Crippen molar-refractivity contribution in [2.24, 2.45) is 0 Å². The van der Waals surface area contributed by atoms with Gasteiger partial charge < -0.3 is 5.32 Å². The van der Waals surface area contributed by atoms with Crippen molar-refractivity contribution in [3.8, 4) is 0 Å². The molecule has 1 aromatic rings. The average molecular weight is 324 g/mol. The molecule has 0 radical (unpaired) electrons. The maximum atomic E-state index is 13.1. The Morgan fingerprint density at radius 2 is 2.29 bits per heavy atom. The van der Waals surface area contributed by atoms with E-state index in [4.69, 9.17) is 0 Å². The van der Waals surface area contributed by atoms with E-state index in [1.807, 2.05) is 0 Å². The van der Waals surface area contributed by atoms with Crippen LogP contribution >= 0.6 is 28.3 Å². The zero-order valence-corrected chi connectivity index (χ0v) is 12.2. The van der Waals surface area contributed by atoms with E-state index in [0.717, 1.165) is 36.2 Å². The molecule has 2 rings (SSSR count). The molecule has 17 heavy (non-hydrogen) atoms. The summed E-state index contributed by atoms with van der Waals surface area (Å²) in [6, 6.07) is 5.37. The number of hydrogen-bond donors (Lipinski definition) is 1. The first-order valence-electron chi connectivity index (χ1n) is 5.55. The Labute approximate surface area is 116 Å². The van der Waals surface area contributed by atoms with Crippen molar-refractivity contribution >= 4 is 28.3 Å². The zero-order valence-electron chi connectivity index (χ0n) is 9.75. The van der Waals surface area contributed by atoms with Crippen LogP contribution in [0.3, 0.4) is 0 Å². The zero-order chi connectivity index (χ0) is 11.5. The molecular formula is C12H17BrClFN2. The van der Waals surface area contributed by atoms with Crippen molar-refractivity contribution in [3.05, 3.63) is 34.1 Å². The van der Waals surface area contributed by atoms with Gasteiger partial charge in [-0.2, -0.15) is 0 Å². The molecule has 1 aliphatic heterocycles. The van der Waals surface area contributed by atoms with E-state index in [2.05, 4.69) is 33.1 Å². The van der Waals surface area contributed by atoms with Gasteiger partial charge in [-0.3, -0.25) is 4.90 Å². The van der Waals surface area contributed by atoms with Crippen LogP contribution in [0.2, 0.25) is 0 Å². The van der Waals surface area contributed by atoms with Gasteiger partial charge in [0.1, 0.15) is 5.82 Å². The monoisotopic (exact) mass is 322 g/mol. The van der Waals surface area contributed by atoms with E-state index < -0.39 is 0 Å². The Balaban J connectivity index is 0.00000144. The second kappa shape index (κ2) is 6.69. The van der Waals surface area contributed by atoms with Gasteiger partial charge in [0.2, 0.25) is 0 Å². The van der Waals surface area contributed by atoms with Crippen LogP contribution in [0, 0.1) is 5.82 Å². The average Bonchev–Trinajstić information content (AvgIpc) is 2.27. The lowest BCUT2D eigenvalue weighted by Crippen LogP contribution is -2.49. The van der Waals surface area contributed by atoms with Gasteiger partial charge in [0.25, 0.3) is 0 Å². The van der Waals surface area contributed by atoms with Crippen LogP contribution < -0.4 is 5.32 Å². The predicted molar refractivity (Wildman–Crippen MR) is 74.1 cm³/mol. The summed E-state index contributed by atoms with van der Waals surface area (Å²) in [5.74, 6) is -0.166. The predicted octanol–water partition coefficient (Wildman–Crippen LogP) is 2.80. The number of halogens is 3. The molecule has 0 bridgehead atoms. The lowest BCUT2D eigenvalue weighted by atomic mass is 10.1. The molecule has 1 fully saturated rings. The van der Waals surface area contributed by atoms with Gasteiger partial charge in [-0.25, -0.2) is 4.39 Å². The SMILES string of the molecule is C[C@H]1CNCCN1Cc1cc(F)ccc1Br.Cl. The van der Waals surface area contributed by atoms with Gasteiger partial charge >= 0.3 is 0 Å². The number of nitrogens with one attached hydrogen (secondary N) is 1. The molecule has 0 aliphatic carbocycles. The third-order valence-corrected chi connectivity index (χ3v) is 3.79. The maximum Gasteiger partial charge on any atom is 0.123 e. The van der Waals surface area contributed by atoms with E-state index in [-0.39, 0.29) is 18.2 Å². The first-order valence-corrected chi connectivity index (χ1v) is 6.35. The van der Waals surface area contributed by atoms with Crippen LogP contribution in [0.15, 0.2) is 22.7 Å². The number of hydrogen-bond acceptors (Lipinski definition) is 2. The summed E-state index contributed by atoms with van der Waals surface area (Å²) in [6.45, 7) is 6.04. The number of nitrogens with zero attached hydrogens (tertiary/aromatic N) is 1.